The molecule has 1 N–H and O–H groups in total. The third-order valence-electron chi connectivity index (χ3n) is 4.65. The number of amides is 2. The number of hydrogen-bond acceptors (Lipinski definition) is 3. The molecule has 26 heavy (non-hydrogen) atoms. The molecule has 2 amide bonds. The van der Waals surface area contributed by atoms with Gasteiger partial charge < -0.3 is 10.2 Å². The fourth-order valence-electron chi connectivity index (χ4n) is 3.17. The van der Waals surface area contributed by atoms with E-state index in [2.05, 4.69) is 10.4 Å². The molecular weight excluding hydrogens is 335 g/mol. The number of piperidine rings is 1. The van der Waals surface area contributed by atoms with Crippen molar-refractivity contribution < 1.29 is 14.0 Å². The minimum atomic E-state index is -0.367. The zero-order valence-electron chi connectivity index (χ0n) is 14.8. The molecule has 0 bridgehead atoms. The Bertz CT molecular complexity index is 772. The third-order valence-corrected chi connectivity index (χ3v) is 4.65. The highest BCUT2D eigenvalue weighted by Gasteiger charge is 2.26. The molecule has 7 heteroatoms. The number of aryl methyl sites for hydroxylation is 1. The summed E-state index contributed by atoms with van der Waals surface area (Å²) in [4.78, 5) is 26.5. The molecule has 1 aliphatic rings. The lowest BCUT2D eigenvalue weighted by molar-refractivity contribution is 0.0664. The Labute approximate surface area is 152 Å². The summed E-state index contributed by atoms with van der Waals surface area (Å²) >= 11 is 0. The normalized spacial score (nSPS) is 17.2. The average molecular weight is 358 g/mol. The number of hydrogen-bond donors (Lipinski definition) is 1. The van der Waals surface area contributed by atoms with E-state index in [1.54, 1.807) is 21.8 Å². The molecule has 1 aliphatic heterocycles. The lowest BCUT2D eigenvalue weighted by Gasteiger charge is -2.32. The van der Waals surface area contributed by atoms with Gasteiger partial charge in [-0.3, -0.25) is 14.3 Å². The first-order chi connectivity index (χ1) is 12.6. The molecule has 1 saturated heterocycles. The van der Waals surface area contributed by atoms with Crippen molar-refractivity contribution in [2.24, 2.45) is 5.92 Å². The lowest BCUT2D eigenvalue weighted by atomic mass is 9.97. The fraction of sp³-hybridized carbons (Fsp3) is 0.421. The summed E-state index contributed by atoms with van der Waals surface area (Å²) in [6.07, 6.45) is 3.66. The molecule has 1 fully saturated rings. The van der Waals surface area contributed by atoms with Crippen molar-refractivity contribution in [2.75, 3.05) is 19.6 Å². The van der Waals surface area contributed by atoms with Gasteiger partial charge in [0, 0.05) is 37.9 Å². The molecule has 0 spiro atoms. The predicted octanol–water partition coefficient (Wildman–Crippen LogP) is 2.32. The van der Waals surface area contributed by atoms with Crippen LogP contribution in [0.5, 0.6) is 0 Å². The first-order valence-corrected chi connectivity index (χ1v) is 8.93. The Hall–Kier alpha value is -2.70. The maximum atomic E-state index is 12.9. The van der Waals surface area contributed by atoms with Crippen molar-refractivity contribution in [3.05, 3.63) is 53.6 Å². The van der Waals surface area contributed by atoms with Crippen molar-refractivity contribution in [3.63, 3.8) is 0 Å². The summed E-state index contributed by atoms with van der Waals surface area (Å²) in [6.45, 7) is 4.50. The summed E-state index contributed by atoms with van der Waals surface area (Å²) in [5, 5.41) is 7.16. The van der Waals surface area contributed by atoms with E-state index < -0.39 is 0 Å². The van der Waals surface area contributed by atoms with Crippen molar-refractivity contribution >= 4 is 11.8 Å². The van der Waals surface area contributed by atoms with E-state index in [-0.39, 0.29) is 23.5 Å². The summed E-state index contributed by atoms with van der Waals surface area (Å²) in [5.74, 6) is -0.458. The van der Waals surface area contributed by atoms with Gasteiger partial charge in [0.1, 0.15) is 11.5 Å². The Balaban J connectivity index is 1.54. The molecule has 2 aromatic rings. The Morgan fingerprint density at radius 2 is 2.04 bits per heavy atom. The minimum absolute atomic E-state index is 0.0632. The minimum Gasteiger partial charge on any atom is -0.352 e. The average Bonchev–Trinajstić information content (AvgIpc) is 3.15. The van der Waals surface area contributed by atoms with E-state index in [0.717, 1.165) is 19.4 Å². The van der Waals surface area contributed by atoms with Crippen LogP contribution in [-0.4, -0.2) is 46.1 Å². The highest BCUT2D eigenvalue weighted by molar-refractivity contribution is 5.94. The van der Waals surface area contributed by atoms with Gasteiger partial charge in [-0.25, -0.2) is 4.39 Å². The molecule has 0 aliphatic carbocycles. The number of rotatable bonds is 5. The number of halogens is 1. The predicted molar refractivity (Wildman–Crippen MR) is 95.3 cm³/mol. The zero-order chi connectivity index (χ0) is 18.5. The molecule has 0 radical (unpaired) electrons. The molecule has 2 heterocycles. The molecular formula is C19H23FN4O2. The smallest absolute Gasteiger partial charge is 0.274 e. The van der Waals surface area contributed by atoms with Crippen LogP contribution in [0.4, 0.5) is 4.39 Å². The summed E-state index contributed by atoms with van der Waals surface area (Å²) in [6, 6.07) is 7.21. The van der Waals surface area contributed by atoms with Gasteiger partial charge >= 0.3 is 0 Å². The van der Waals surface area contributed by atoms with E-state index >= 15 is 0 Å². The Morgan fingerprint density at radius 1 is 1.27 bits per heavy atom. The van der Waals surface area contributed by atoms with Crippen molar-refractivity contribution in [2.45, 2.75) is 26.3 Å². The van der Waals surface area contributed by atoms with Gasteiger partial charge in [-0.1, -0.05) is 0 Å². The van der Waals surface area contributed by atoms with Crippen molar-refractivity contribution in [3.8, 4) is 0 Å². The van der Waals surface area contributed by atoms with Crippen LogP contribution >= 0.6 is 0 Å². The monoisotopic (exact) mass is 358 g/mol. The van der Waals surface area contributed by atoms with Gasteiger partial charge in [-0.2, -0.15) is 5.10 Å². The highest BCUT2D eigenvalue weighted by Crippen LogP contribution is 2.18. The van der Waals surface area contributed by atoms with Gasteiger partial charge in [0.05, 0.1) is 0 Å². The van der Waals surface area contributed by atoms with Crippen molar-refractivity contribution in [1.29, 1.82) is 0 Å². The lowest BCUT2D eigenvalue weighted by Crippen LogP contribution is -2.43. The SMILES string of the molecule is CCn1ccc(C(=O)N2CCCC(CNC(=O)c3ccc(F)cc3)C2)n1. The molecule has 0 saturated carbocycles. The largest absolute Gasteiger partial charge is 0.352 e. The van der Waals surface area contributed by atoms with Gasteiger partial charge in [-0.15, -0.1) is 0 Å². The van der Waals surface area contributed by atoms with E-state index in [4.69, 9.17) is 0 Å². The van der Waals surface area contributed by atoms with Crippen LogP contribution in [0.15, 0.2) is 36.5 Å². The van der Waals surface area contributed by atoms with E-state index in [1.165, 1.54) is 24.3 Å². The number of likely N-dealkylation sites (tertiary alicyclic amines) is 1. The Morgan fingerprint density at radius 3 is 2.73 bits per heavy atom. The van der Waals surface area contributed by atoms with Gasteiger partial charge in [0.15, 0.2) is 0 Å². The summed E-state index contributed by atoms with van der Waals surface area (Å²) in [5.41, 5.74) is 0.892. The standard InChI is InChI=1S/C19H23FN4O2/c1-2-24-11-9-17(22-24)19(26)23-10-3-4-14(13-23)12-21-18(25)15-5-7-16(20)8-6-15/h5-9,11,14H,2-4,10,12-13H2,1H3,(H,21,25). The molecule has 1 atom stereocenters. The first kappa shape index (κ1) is 18.1. The van der Waals surface area contributed by atoms with E-state index in [1.807, 2.05) is 6.92 Å². The Kier molecular flexibility index (Phi) is 5.65. The maximum absolute atomic E-state index is 12.9. The van der Waals surface area contributed by atoms with Gasteiger partial charge in [0.25, 0.3) is 11.8 Å². The van der Waals surface area contributed by atoms with E-state index in [0.29, 0.717) is 30.9 Å². The molecule has 1 unspecified atom stereocenters. The molecule has 1 aromatic heterocycles. The third kappa shape index (κ3) is 4.28. The number of carbonyl (C=O) groups is 2. The second-order valence-corrected chi connectivity index (χ2v) is 6.53. The number of aromatic nitrogens is 2. The summed E-state index contributed by atoms with van der Waals surface area (Å²) in [7, 11) is 0. The van der Waals surface area contributed by atoms with E-state index in [9.17, 15) is 14.0 Å². The second kappa shape index (κ2) is 8.12. The zero-order valence-corrected chi connectivity index (χ0v) is 14.8. The number of nitrogens with one attached hydrogen (secondary N) is 1. The quantitative estimate of drug-likeness (QED) is 0.892. The maximum Gasteiger partial charge on any atom is 0.274 e. The first-order valence-electron chi connectivity index (χ1n) is 8.93. The molecule has 3 rings (SSSR count). The van der Waals surface area contributed by atoms with Crippen LogP contribution in [0.25, 0.3) is 0 Å². The van der Waals surface area contributed by atoms with Gasteiger partial charge in [-0.05, 0) is 56.0 Å². The number of carbonyl (C=O) groups excluding carboxylic acids is 2. The number of benzene rings is 1. The molecule has 138 valence electrons. The van der Waals surface area contributed by atoms with Crippen LogP contribution in [0.3, 0.4) is 0 Å². The van der Waals surface area contributed by atoms with Crippen LogP contribution in [0.2, 0.25) is 0 Å². The summed E-state index contributed by atoms with van der Waals surface area (Å²) < 4.78 is 14.7. The highest BCUT2D eigenvalue weighted by atomic mass is 19.1. The molecule has 1 aromatic carbocycles. The van der Waals surface area contributed by atoms with Gasteiger partial charge in [0.2, 0.25) is 0 Å². The molecule has 6 nitrogen and oxygen atoms in total. The van der Waals surface area contributed by atoms with Crippen LogP contribution in [-0.2, 0) is 6.54 Å². The van der Waals surface area contributed by atoms with Crippen LogP contribution in [0.1, 0.15) is 40.6 Å². The fourth-order valence-corrected chi connectivity index (χ4v) is 3.17. The second-order valence-electron chi connectivity index (χ2n) is 6.53. The topological polar surface area (TPSA) is 67.2 Å². The van der Waals surface area contributed by atoms with Crippen molar-refractivity contribution in [1.82, 2.24) is 20.0 Å². The number of nitrogens with zero attached hydrogens (tertiary/aromatic N) is 3. The van der Waals surface area contributed by atoms with Crippen LogP contribution < -0.4 is 5.32 Å². The van der Waals surface area contributed by atoms with Crippen LogP contribution in [0, 0.1) is 11.7 Å².